The lowest BCUT2D eigenvalue weighted by Gasteiger charge is -2.06. The van der Waals surface area contributed by atoms with E-state index in [4.69, 9.17) is 16.7 Å². The predicted octanol–water partition coefficient (Wildman–Crippen LogP) is 1.79. The molecule has 2 rings (SSSR count). The summed E-state index contributed by atoms with van der Waals surface area (Å²) in [5.41, 5.74) is -0.0775. The van der Waals surface area contributed by atoms with Crippen molar-refractivity contribution in [2.45, 2.75) is 0 Å². The van der Waals surface area contributed by atoms with Crippen LogP contribution in [-0.2, 0) is 0 Å². The second-order valence-electron chi connectivity index (χ2n) is 3.72. The molecular weight excluding hydrogens is 286 g/mol. The summed E-state index contributed by atoms with van der Waals surface area (Å²) in [4.78, 5) is 30.2. The largest absolute Gasteiger partial charge is 0.507 e. The molecule has 1 amide bonds. The summed E-state index contributed by atoms with van der Waals surface area (Å²) >= 11 is 5.55. The maximum Gasteiger partial charge on any atom is 0.339 e. The van der Waals surface area contributed by atoms with Crippen molar-refractivity contribution in [1.29, 1.82) is 0 Å². The summed E-state index contributed by atoms with van der Waals surface area (Å²) < 4.78 is 0. The molecule has 2 aromatic rings. The fourth-order valence-electron chi connectivity index (χ4n) is 1.41. The van der Waals surface area contributed by atoms with Crippen LogP contribution in [0, 0.1) is 0 Å². The number of aromatic nitrogens is 2. The number of carboxylic acids is 1. The third-order valence-electron chi connectivity index (χ3n) is 2.34. The molecule has 0 aliphatic rings. The average Bonchev–Trinajstić information content (AvgIpc) is 2.41. The van der Waals surface area contributed by atoms with Crippen molar-refractivity contribution < 1.29 is 19.8 Å². The lowest BCUT2D eigenvalue weighted by Crippen LogP contribution is -2.14. The van der Waals surface area contributed by atoms with Gasteiger partial charge in [0.15, 0.2) is 0 Å². The van der Waals surface area contributed by atoms with E-state index in [0.717, 1.165) is 6.07 Å². The number of nitrogens with one attached hydrogen (secondary N) is 1. The molecule has 3 N–H and O–H groups in total. The van der Waals surface area contributed by atoms with E-state index < -0.39 is 11.9 Å². The number of benzene rings is 1. The van der Waals surface area contributed by atoms with Crippen molar-refractivity contribution in [3.63, 3.8) is 0 Å². The lowest BCUT2D eigenvalue weighted by molar-refractivity contribution is 0.0693. The first-order valence-electron chi connectivity index (χ1n) is 5.32. The normalized spacial score (nSPS) is 10.1. The molecule has 1 aromatic heterocycles. The van der Waals surface area contributed by atoms with Crippen LogP contribution in [0.3, 0.4) is 0 Å². The van der Waals surface area contributed by atoms with Gasteiger partial charge in [0.05, 0.1) is 12.4 Å². The Morgan fingerprint density at radius 1 is 1.20 bits per heavy atom. The van der Waals surface area contributed by atoms with Crippen LogP contribution in [0.2, 0.25) is 5.15 Å². The number of nitrogens with zero attached hydrogens (tertiary/aromatic N) is 2. The zero-order valence-corrected chi connectivity index (χ0v) is 10.6. The van der Waals surface area contributed by atoms with Gasteiger partial charge in [-0.25, -0.2) is 14.8 Å². The second kappa shape index (κ2) is 5.54. The van der Waals surface area contributed by atoms with Crippen molar-refractivity contribution in [3.05, 3.63) is 47.0 Å². The molecule has 0 aliphatic carbocycles. The van der Waals surface area contributed by atoms with Gasteiger partial charge in [-0.3, -0.25) is 4.79 Å². The van der Waals surface area contributed by atoms with Crippen LogP contribution < -0.4 is 5.32 Å². The summed E-state index contributed by atoms with van der Waals surface area (Å²) in [6.07, 6.45) is 2.41. The van der Waals surface area contributed by atoms with Gasteiger partial charge in [0.2, 0.25) is 0 Å². The summed E-state index contributed by atoms with van der Waals surface area (Å²) in [5, 5.41) is 20.8. The van der Waals surface area contributed by atoms with Gasteiger partial charge in [-0.2, -0.15) is 0 Å². The van der Waals surface area contributed by atoms with Crippen LogP contribution >= 0.6 is 11.6 Å². The fraction of sp³-hybridized carbons (Fsp3) is 0. The molecule has 0 bridgehead atoms. The SMILES string of the molecule is O=C(Nc1ccc(O)c(C(=O)O)c1)c1cnc(Cl)cn1. The summed E-state index contributed by atoms with van der Waals surface area (Å²) in [6.45, 7) is 0. The molecule has 1 aromatic carbocycles. The number of carboxylic acid groups (broad SMARTS) is 1. The van der Waals surface area contributed by atoms with Crippen molar-refractivity contribution in [3.8, 4) is 5.75 Å². The first-order valence-corrected chi connectivity index (χ1v) is 5.70. The van der Waals surface area contributed by atoms with E-state index in [-0.39, 0.29) is 27.8 Å². The van der Waals surface area contributed by atoms with E-state index >= 15 is 0 Å². The van der Waals surface area contributed by atoms with Crippen LogP contribution in [0.25, 0.3) is 0 Å². The highest BCUT2D eigenvalue weighted by Crippen LogP contribution is 2.21. The number of aromatic hydroxyl groups is 1. The molecule has 7 nitrogen and oxygen atoms in total. The van der Waals surface area contributed by atoms with Crippen molar-refractivity contribution in [2.75, 3.05) is 5.32 Å². The number of phenols is 1. The zero-order valence-electron chi connectivity index (χ0n) is 9.87. The Hall–Kier alpha value is -2.67. The van der Waals surface area contributed by atoms with Gasteiger partial charge in [0, 0.05) is 5.69 Å². The fourth-order valence-corrected chi connectivity index (χ4v) is 1.51. The first kappa shape index (κ1) is 13.8. The Labute approximate surface area is 117 Å². The van der Waals surface area contributed by atoms with E-state index in [1.54, 1.807) is 0 Å². The topological polar surface area (TPSA) is 112 Å². The summed E-state index contributed by atoms with van der Waals surface area (Å²) in [6, 6.07) is 3.68. The average molecular weight is 294 g/mol. The minimum absolute atomic E-state index is 0.0272. The van der Waals surface area contributed by atoms with E-state index in [9.17, 15) is 14.7 Å². The van der Waals surface area contributed by atoms with E-state index in [1.165, 1.54) is 24.5 Å². The van der Waals surface area contributed by atoms with Gasteiger partial charge >= 0.3 is 5.97 Å². The molecule has 0 spiro atoms. The van der Waals surface area contributed by atoms with Crippen molar-refractivity contribution in [2.24, 2.45) is 0 Å². The number of halogens is 1. The number of hydrogen-bond donors (Lipinski definition) is 3. The molecular formula is C12H8ClN3O4. The third-order valence-corrected chi connectivity index (χ3v) is 2.53. The predicted molar refractivity (Wildman–Crippen MR) is 70.1 cm³/mol. The summed E-state index contributed by atoms with van der Waals surface area (Å²) in [5.74, 6) is -2.26. The van der Waals surface area contributed by atoms with Crippen LogP contribution in [0.15, 0.2) is 30.6 Å². The van der Waals surface area contributed by atoms with Gasteiger partial charge in [0.25, 0.3) is 5.91 Å². The Balaban J connectivity index is 2.21. The van der Waals surface area contributed by atoms with Gasteiger partial charge in [-0.1, -0.05) is 11.6 Å². The second-order valence-corrected chi connectivity index (χ2v) is 4.10. The Kier molecular flexibility index (Phi) is 3.81. The van der Waals surface area contributed by atoms with E-state index in [2.05, 4.69) is 15.3 Å². The van der Waals surface area contributed by atoms with Crippen LogP contribution in [0.5, 0.6) is 5.75 Å². The quantitative estimate of drug-likeness (QED) is 0.744. The number of carbonyl (C=O) groups excluding carboxylic acids is 1. The molecule has 20 heavy (non-hydrogen) atoms. The number of anilines is 1. The molecule has 0 aliphatic heterocycles. The number of aromatic carboxylic acids is 1. The first-order chi connectivity index (χ1) is 9.47. The third kappa shape index (κ3) is 3.01. The van der Waals surface area contributed by atoms with E-state index in [0.29, 0.717) is 0 Å². The smallest absolute Gasteiger partial charge is 0.339 e. The maximum absolute atomic E-state index is 11.8. The molecule has 0 fully saturated rings. The zero-order chi connectivity index (χ0) is 14.7. The minimum atomic E-state index is -1.30. The number of rotatable bonds is 3. The van der Waals surface area contributed by atoms with Crippen molar-refractivity contribution in [1.82, 2.24) is 9.97 Å². The van der Waals surface area contributed by atoms with Crippen LogP contribution in [-0.4, -0.2) is 32.1 Å². The van der Waals surface area contributed by atoms with Crippen LogP contribution in [0.1, 0.15) is 20.8 Å². The standard InChI is InChI=1S/C12H8ClN3O4/c13-10-5-14-8(4-15-10)11(18)16-6-1-2-9(17)7(3-6)12(19)20/h1-5,17H,(H,16,18)(H,19,20). The van der Waals surface area contributed by atoms with Crippen LogP contribution in [0.4, 0.5) is 5.69 Å². The van der Waals surface area contributed by atoms with Gasteiger partial charge in [-0.05, 0) is 18.2 Å². The van der Waals surface area contributed by atoms with Gasteiger partial charge in [0.1, 0.15) is 22.2 Å². The van der Waals surface area contributed by atoms with E-state index in [1.807, 2.05) is 0 Å². The van der Waals surface area contributed by atoms with Crippen molar-refractivity contribution >= 4 is 29.2 Å². The number of amides is 1. The maximum atomic E-state index is 11.8. The molecule has 0 atom stereocenters. The minimum Gasteiger partial charge on any atom is -0.507 e. The Bertz CT molecular complexity index is 673. The highest BCUT2D eigenvalue weighted by atomic mass is 35.5. The van der Waals surface area contributed by atoms with Gasteiger partial charge in [-0.15, -0.1) is 0 Å². The number of hydrogen-bond acceptors (Lipinski definition) is 5. The molecule has 0 saturated carbocycles. The molecule has 1 heterocycles. The Morgan fingerprint density at radius 3 is 2.55 bits per heavy atom. The molecule has 8 heteroatoms. The molecule has 0 radical (unpaired) electrons. The Morgan fingerprint density at radius 2 is 1.95 bits per heavy atom. The van der Waals surface area contributed by atoms with Gasteiger partial charge < -0.3 is 15.5 Å². The molecule has 102 valence electrons. The summed E-state index contributed by atoms with van der Waals surface area (Å²) in [7, 11) is 0. The number of carbonyl (C=O) groups is 2. The highest BCUT2D eigenvalue weighted by Gasteiger charge is 2.13. The lowest BCUT2D eigenvalue weighted by atomic mass is 10.2. The highest BCUT2D eigenvalue weighted by molar-refractivity contribution is 6.29. The molecule has 0 unspecified atom stereocenters. The monoisotopic (exact) mass is 293 g/mol. The molecule has 0 saturated heterocycles.